The van der Waals surface area contributed by atoms with Crippen LogP contribution in [0, 0.1) is 0 Å². The Hall–Kier alpha value is -2.99. The number of fused-ring (bicyclic) bond motifs is 1. The second-order valence-electron chi connectivity index (χ2n) is 5.28. The molecule has 0 aliphatic carbocycles. The molecule has 118 valence electrons. The normalized spacial score (nSPS) is 10.8. The number of carbonyl (C=O) groups excluding carboxylic acids is 1. The average Bonchev–Trinajstić information content (AvgIpc) is 3.30. The van der Waals surface area contributed by atoms with Crippen LogP contribution in [-0.2, 0) is 6.54 Å². The van der Waals surface area contributed by atoms with E-state index in [0.717, 1.165) is 27.1 Å². The van der Waals surface area contributed by atoms with Gasteiger partial charge in [0.2, 0.25) is 0 Å². The number of hydrogen-bond acceptors (Lipinski definition) is 5. The van der Waals surface area contributed by atoms with Crippen LogP contribution in [0.2, 0.25) is 0 Å². The van der Waals surface area contributed by atoms with Crippen molar-refractivity contribution in [3.63, 3.8) is 0 Å². The molecule has 3 heterocycles. The summed E-state index contributed by atoms with van der Waals surface area (Å²) in [7, 11) is 0. The largest absolute Gasteiger partial charge is 0.464 e. The molecule has 1 aromatic carbocycles. The lowest BCUT2D eigenvalue weighted by Gasteiger charge is -2.06. The number of nitrogens with zero attached hydrogens (tertiary/aromatic N) is 2. The van der Waals surface area contributed by atoms with E-state index in [1.807, 2.05) is 30.3 Å². The lowest BCUT2D eigenvalue weighted by molar-refractivity contribution is 0.0951. The standard InChI is InChI=1S/C18H13N3O2S/c22-18(13-3-4-15-17(7-13)24-11-21-15)20-9-12-6-14(10-19-8-12)16-2-1-5-23-16/h1-8,10-11H,9H2,(H,20,22). The highest BCUT2D eigenvalue weighted by Gasteiger charge is 2.08. The van der Waals surface area contributed by atoms with Gasteiger partial charge in [-0.2, -0.15) is 0 Å². The number of benzene rings is 1. The van der Waals surface area contributed by atoms with Gasteiger partial charge in [-0.3, -0.25) is 9.78 Å². The van der Waals surface area contributed by atoms with Crippen molar-refractivity contribution < 1.29 is 9.21 Å². The molecule has 1 amide bonds. The van der Waals surface area contributed by atoms with Gasteiger partial charge < -0.3 is 9.73 Å². The summed E-state index contributed by atoms with van der Waals surface area (Å²) < 4.78 is 6.37. The van der Waals surface area contributed by atoms with Crippen LogP contribution in [-0.4, -0.2) is 15.9 Å². The Morgan fingerprint density at radius 1 is 1.21 bits per heavy atom. The second kappa shape index (κ2) is 6.25. The van der Waals surface area contributed by atoms with Crippen molar-refractivity contribution in [1.29, 1.82) is 0 Å². The number of furan rings is 1. The number of pyridine rings is 1. The molecule has 3 aromatic heterocycles. The maximum absolute atomic E-state index is 12.3. The topological polar surface area (TPSA) is 68.0 Å². The number of carbonyl (C=O) groups is 1. The predicted molar refractivity (Wildman–Crippen MR) is 92.7 cm³/mol. The van der Waals surface area contributed by atoms with Crippen LogP contribution < -0.4 is 5.32 Å². The number of nitrogens with one attached hydrogen (secondary N) is 1. The Labute approximate surface area is 142 Å². The van der Waals surface area contributed by atoms with E-state index in [4.69, 9.17) is 4.42 Å². The first kappa shape index (κ1) is 14.6. The first-order valence-corrected chi connectivity index (χ1v) is 8.27. The van der Waals surface area contributed by atoms with E-state index in [0.29, 0.717) is 12.1 Å². The first-order chi connectivity index (χ1) is 11.8. The summed E-state index contributed by atoms with van der Waals surface area (Å²) in [5.74, 6) is 0.639. The quantitative estimate of drug-likeness (QED) is 0.614. The molecule has 0 atom stereocenters. The minimum absolute atomic E-state index is 0.117. The fraction of sp³-hybridized carbons (Fsp3) is 0.0556. The molecule has 1 N–H and O–H groups in total. The van der Waals surface area contributed by atoms with Crippen molar-refractivity contribution in [2.45, 2.75) is 6.54 Å². The van der Waals surface area contributed by atoms with Gasteiger partial charge in [0.15, 0.2) is 0 Å². The van der Waals surface area contributed by atoms with Gasteiger partial charge in [0.05, 0.1) is 22.0 Å². The van der Waals surface area contributed by atoms with Crippen LogP contribution in [0.25, 0.3) is 21.5 Å². The maximum atomic E-state index is 12.3. The summed E-state index contributed by atoms with van der Waals surface area (Å²) in [4.78, 5) is 20.8. The smallest absolute Gasteiger partial charge is 0.251 e. The predicted octanol–water partition coefficient (Wildman–Crippen LogP) is 3.88. The molecule has 0 saturated heterocycles. The molecule has 24 heavy (non-hydrogen) atoms. The fourth-order valence-electron chi connectivity index (χ4n) is 2.44. The van der Waals surface area contributed by atoms with Gasteiger partial charge in [-0.1, -0.05) is 0 Å². The summed E-state index contributed by atoms with van der Waals surface area (Å²) in [6, 6.07) is 11.2. The number of hydrogen-bond donors (Lipinski definition) is 1. The zero-order chi connectivity index (χ0) is 16.4. The van der Waals surface area contributed by atoms with E-state index >= 15 is 0 Å². The lowest BCUT2D eigenvalue weighted by atomic mass is 10.1. The number of aromatic nitrogens is 2. The van der Waals surface area contributed by atoms with Crippen LogP contribution in [0.4, 0.5) is 0 Å². The average molecular weight is 335 g/mol. The van der Waals surface area contributed by atoms with Crippen LogP contribution >= 0.6 is 11.3 Å². The molecule has 4 rings (SSSR count). The zero-order valence-corrected chi connectivity index (χ0v) is 13.4. The van der Waals surface area contributed by atoms with Crippen LogP contribution in [0.1, 0.15) is 15.9 Å². The molecule has 0 unspecified atom stereocenters. The van der Waals surface area contributed by atoms with Gasteiger partial charge in [-0.25, -0.2) is 4.98 Å². The van der Waals surface area contributed by atoms with Gasteiger partial charge in [0.1, 0.15) is 5.76 Å². The highest BCUT2D eigenvalue weighted by atomic mass is 32.1. The van der Waals surface area contributed by atoms with E-state index in [9.17, 15) is 4.79 Å². The summed E-state index contributed by atoms with van der Waals surface area (Å²) in [6.45, 7) is 0.404. The summed E-state index contributed by atoms with van der Waals surface area (Å²) in [5.41, 5.74) is 5.11. The Morgan fingerprint density at radius 3 is 3.04 bits per heavy atom. The Bertz CT molecular complexity index is 992. The van der Waals surface area contributed by atoms with Crippen molar-refractivity contribution in [2.75, 3.05) is 0 Å². The van der Waals surface area contributed by atoms with Gasteiger partial charge >= 0.3 is 0 Å². The molecular weight excluding hydrogens is 322 g/mol. The van der Waals surface area contributed by atoms with Gasteiger partial charge in [0.25, 0.3) is 5.91 Å². The molecule has 0 aliphatic heterocycles. The summed E-state index contributed by atoms with van der Waals surface area (Å²) in [6.07, 6.45) is 5.10. The maximum Gasteiger partial charge on any atom is 0.251 e. The molecule has 0 spiro atoms. The molecule has 0 radical (unpaired) electrons. The van der Waals surface area contributed by atoms with E-state index < -0.39 is 0 Å². The molecule has 6 heteroatoms. The minimum Gasteiger partial charge on any atom is -0.464 e. The van der Waals surface area contributed by atoms with Crippen molar-refractivity contribution in [3.05, 3.63) is 71.7 Å². The Morgan fingerprint density at radius 2 is 2.17 bits per heavy atom. The van der Waals surface area contributed by atoms with Crippen LogP contribution in [0.15, 0.2) is 65.0 Å². The van der Waals surface area contributed by atoms with Gasteiger partial charge in [-0.05, 0) is 42.0 Å². The highest BCUT2D eigenvalue weighted by molar-refractivity contribution is 7.16. The first-order valence-electron chi connectivity index (χ1n) is 7.39. The molecular formula is C18H13N3O2S. The Kier molecular flexibility index (Phi) is 3.80. The molecule has 0 saturated carbocycles. The fourth-order valence-corrected chi connectivity index (χ4v) is 3.16. The van der Waals surface area contributed by atoms with Crippen LogP contribution in [0.3, 0.4) is 0 Å². The number of rotatable bonds is 4. The summed E-state index contributed by atoms with van der Waals surface area (Å²) >= 11 is 1.52. The summed E-state index contributed by atoms with van der Waals surface area (Å²) in [5, 5.41) is 2.92. The lowest BCUT2D eigenvalue weighted by Crippen LogP contribution is -2.22. The highest BCUT2D eigenvalue weighted by Crippen LogP contribution is 2.20. The van der Waals surface area contributed by atoms with Crippen molar-refractivity contribution in [3.8, 4) is 11.3 Å². The van der Waals surface area contributed by atoms with E-state index in [1.165, 1.54) is 11.3 Å². The molecule has 5 nitrogen and oxygen atoms in total. The van der Waals surface area contributed by atoms with Gasteiger partial charge in [0, 0.05) is 30.1 Å². The van der Waals surface area contributed by atoms with Gasteiger partial charge in [-0.15, -0.1) is 11.3 Å². The third-order valence-corrected chi connectivity index (χ3v) is 4.44. The number of thiazole rings is 1. The molecule has 0 fully saturated rings. The molecule has 0 bridgehead atoms. The third-order valence-electron chi connectivity index (χ3n) is 3.65. The van der Waals surface area contributed by atoms with Crippen molar-refractivity contribution in [1.82, 2.24) is 15.3 Å². The number of amides is 1. The van der Waals surface area contributed by atoms with Crippen molar-refractivity contribution >= 4 is 27.5 Å². The van der Waals surface area contributed by atoms with E-state index in [2.05, 4.69) is 15.3 Å². The SMILES string of the molecule is O=C(NCc1cncc(-c2ccco2)c1)c1ccc2ncsc2c1. The minimum atomic E-state index is -0.117. The third kappa shape index (κ3) is 2.91. The zero-order valence-electron chi connectivity index (χ0n) is 12.6. The van der Waals surface area contributed by atoms with E-state index in [-0.39, 0.29) is 5.91 Å². The molecule has 4 aromatic rings. The molecule has 0 aliphatic rings. The van der Waals surface area contributed by atoms with E-state index in [1.54, 1.807) is 30.2 Å². The Balaban J connectivity index is 1.48. The van der Waals surface area contributed by atoms with Crippen LogP contribution in [0.5, 0.6) is 0 Å². The second-order valence-corrected chi connectivity index (χ2v) is 6.16. The van der Waals surface area contributed by atoms with Crippen molar-refractivity contribution in [2.24, 2.45) is 0 Å². The monoisotopic (exact) mass is 335 g/mol.